The van der Waals surface area contributed by atoms with E-state index in [1.165, 1.54) is 12.1 Å². The van der Waals surface area contributed by atoms with E-state index in [2.05, 4.69) is 21.3 Å². The standard InChI is InChI=1S/C28H24Cl4N4O5/c29-17-3-1-2-14(8-17)12-33-25(37)16-10-20(31)24(21(32)11-16)26(38)35-23(27(39)40)13-34-28(41)36-22-7-4-15-9-18(30)5-6-19(15)22/h1-3,5-6,8-11,22-23H,4,7,12-13H2,(H,33,37)(H,35,38)(H,39,40)(H2,34,36,41)/t22-,23+/m1/s1. The molecule has 0 heterocycles. The summed E-state index contributed by atoms with van der Waals surface area (Å²) in [7, 11) is 0. The fourth-order valence-electron chi connectivity index (χ4n) is 4.42. The van der Waals surface area contributed by atoms with Gasteiger partial charge in [0.05, 0.1) is 28.2 Å². The van der Waals surface area contributed by atoms with Gasteiger partial charge in [-0.2, -0.15) is 0 Å². The van der Waals surface area contributed by atoms with Crippen molar-refractivity contribution in [1.29, 1.82) is 0 Å². The molecule has 0 unspecified atom stereocenters. The van der Waals surface area contributed by atoms with Crippen LogP contribution in [0.5, 0.6) is 0 Å². The van der Waals surface area contributed by atoms with Gasteiger partial charge in [0.25, 0.3) is 11.8 Å². The lowest BCUT2D eigenvalue weighted by atomic mass is 10.1. The summed E-state index contributed by atoms with van der Waals surface area (Å²) in [5, 5.41) is 20.8. The Labute approximate surface area is 255 Å². The van der Waals surface area contributed by atoms with Crippen LogP contribution in [-0.4, -0.2) is 41.5 Å². The van der Waals surface area contributed by atoms with Gasteiger partial charge in [0.2, 0.25) is 0 Å². The fourth-order valence-corrected chi connectivity index (χ4v) is 5.49. The van der Waals surface area contributed by atoms with Gasteiger partial charge in [0.15, 0.2) is 0 Å². The lowest BCUT2D eigenvalue weighted by molar-refractivity contribution is -0.139. The summed E-state index contributed by atoms with van der Waals surface area (Å²) in [6.45, 7) is -0.217. The normalized spacial score (nSPS) is 14.5. The third-order valence-electron chi connectivity index (χ3n) is 6.43. The van der Waals surface area contributed by atoms with Crippen LogP contribution >= 0.6 is 46.4 Å². The molecule has 3 aromatic rings. The molecule has 41 heavy (non-hydrogen) atoms. The van der Waals surface area contributed by atoms with Gasteiger partial charge < -0.3 is 26.4 Å². The number of carboxylic acids is 1. The van der Waals surface area contributed by atoms with Gasteiger partial charge in [-0.15, -0.1) is 0 Å². The first-order valence-electron chi connectivity index (χ1n) is 12.4. The second-order valence-corrected chi connectivity index (χ2v) is 11.0. The number of benzene rings is 3. The van der Waals surface area contributed by atoms with Crippen LogP contribution in [0.2, 0.25) is 20.1 Å². The van der Waals surface area contributed by atoms with E-state index >= 15 is 0 Å². The first kappa shape index (κ1) is 30.5. The highest BCUT2D eigenvalue weighted by Gasteiger charge is 2.27. The molecule has 4 rings (SSSR count). The Bertz CT molecular complexity index is 1490. The number of carbonyl (C=O) groups is 4. The van der Waals surface area contributed by atoms with Crippen molar-refractivity contribution in [3.05, 3.63) is 103 Å². The molecule has 3 aromatic carbocycles. The van der Waals surface area contributed by atoms with Crippen LogP contribution < -0.4 is 21.3 Å². The maximum absolute atomic E-state index is 12.9. The van der Waals surface area contributed by atoms with Crippen molar-refractivity contribution in [3.63, 3.8) is 0 Å². The van der Waals surface area contributed by atoms with E-state index in [0.717, 1.165) is 23.1 Å². The number of carbonyl (C=O) groups excluding carboxylic acids is 3. The SMILES string of the molecule is O=C(NC[C@H](NC(=O)c1c(Cl)cc(C(=O)NCc2cccc(Cl)c2)cc1Cl)C(=O)O)N[C@@H]1CCc2cc(Cl)ccc21. The summed E-state index contributed by atoms with van der Waals surface area (Å²) in [6.07, 6.45) is 1.42. The third kappa shape index (κ3) is 7.83. The molecule has 0 fully saturated rings. The fraction of sp³-hybridized carbons (Fsp3) is 0.214. The predicted octanol–water partition coefficient (Wildman–Crippen LogP) is 5.40. The highest BCUT2D eigenvalue weighted by atomic mass is 35.5. The maximum atomic E-state index is 12.9. The zero-order valence-corrected chi connectivity index (χ0v) is 24.3. The molecule has 0 aliphatic heterocycles. The van der Waals surface area contributed by atoms with Crippen LogP contribution in [0.25, 0.3) is 0 Å². The number of hydrogen-bond donors (Lipinski definition) is 5. The minimum atomic E-state index is -1.49. The molecule has 4 amide bonds. The molecule has 0 saturated heterocycles. The van der Waals surface area contributed by atoms with Gasteiger partial charge in [-0.1, -0.05) is 64.6 Å². The topological polar surface area (TPSA) is 137 Å². The van der Waals surface area contributed by atoms with Gasteiger partial charge >= 0.3 is 12.0 Å². The van der Waals surface area contributed by atoms with Crippen LogP contribution in [0.1, 0.15) is 49.9 Å². The molecular weight excluding hydrogens is 614 g/mol. The minimum absolute atomic E-state index is 0.0995. The average molecular weight is 638 g/mol. The number of carboxylic acid groups (broad SMARTS) is 1. The number of urea groups is 1. The van der Waals surface area contributed by atoms with E-state index in [9.17, 15) is 24.3 Å². The van der Waals surface area contributed by atoms with E-state index < -0.39 is 36.4 Å². The minimum Gasteiger partial charge on any atom is -0.480 e. The lowest BCUT2D eigenvalue weighted by Crippen LogP contribution is -2.50. The van der Waals surface area contributed by atoms with Crippen molar-refractivity contribution in [2.75, 3.05) is 6.54 Å². The molecule has 0 spiro atoms. The predicted molar refractivity (Wildman–Crippen MR) is 157 cm³/mol. The molecule has 0 saturated carbocycles. The maximum Gasteiger partial charge on any atom is 0.328 e. The first-order valence-corrected chi connectivity index (χ1v) is 13.9. The Balaban J connectivity index is 1.35. The van der Waals surface area contributed by atoms with Crippen molar-refractivity contribution in [2.24, 2.45) is 0 Å². The number of amides is 4. The molecular formula is C28H24Cl4N4O5. The monoisotopic (exact) mass is 636 g/mol. The number of rotatable bonds is 9. The number of aryl methyl sites for hydroxylation is 1. The Morgan fingerprint density at radius 1 is 0.878 bits per heavy atom. The molecule has 214 valence electrons. The van der Waals surface area contributed by atoms with Crippen molar-refractivity contribution >= 4 is 70.2 Å². The van der Waals surface area contributed by atoms with Gasteiger partial charge in [-0.3, -0.25) is 9.59 Å². The molecule has 0 bridgehead atoms. The third-order valence-corrected chi connectivity index (χ3v) is 7.50. The van der Waals surface area contributed by atoms with E-state index in [1.54, 1.807) is 30.3 Å². The van der Waals surface area contributed by atoms with Gasteiger partial charge in [-0.05, 0) is 65.9 Å². The summed E-state index contributed by atoms with van der Waals surface area (Å²) in [5.74, 6) is -2.77. The van der Waals surface area contributed by atoms with Crippen LogP contribution in [-0.2, 0) is 17.8 Å². The summed E-state index contributed by atoms with van der Waals surface area (Å²) < 4.78 is 0. The number of fused-ring (bicyclic) bond motifs is 1. The Morgan fingerprint density at radius 3 is 2.27 bits per heavy atom. The van der Waals surface area contributed by atoms with Gasteiger partial charge in [0.1, 0.15) is 6.04 Å². The lowest BCUT2D eigenvalue weighted by Gasteiger charge is -2.19. The molecule has 1 aliphatic carbocycles. The number of nitrogens with one attached hydrogen (secondary N) is 4. The van der Waals surface area contributed by atoms with Crippen LogP contribution in [0.4, 0.5) is 4.79 Å². The Hall–Kier alpha value is -3.50. The molecule has 9 nitrogen and oxygen atoms in total. The number of aliphatic carboxylic acids is 1. The summed E-state index contributed by atoms with van der Waals surface area (Å²) in [6, 6.07) is 12.6. The highest BCUT2D eigenvalue weighted by Crippen LogP contribution is 2.32. The van der Waals surface area contributed by atoms with Crippen LogP contribution in [0.15, 0.2) is 54.6 Å². The largest absolute Gasteiger partial charge is 0.480 e. The number of hydrogen-bond acceptors (Lipinski definition) is 4. The Kier molecular flexibility index (Phi) is 9.99. The summed E-state index contributed by atoms with van der Waals surface area (Å²) in [4.78, 5) is 49.8. The zero-order valence-electron chi connectivity index (χ0n) is 21.3. The van der Waals surface area contributed by atoms with Gasteiger partial charge in [-0.25, -0.2) is 9.59 Å². The van der Waals surface area contributed by atoms with E-state index in [0.29, 0.717) is 16.5 Å². The first-order chi connectivity index (χ1) is 19.5. The summed E-state index contributed by atoms with van der Waals surface area (Å²) >= 11 is 24.5. The smallest absolute Gasteiger partial charge is 0.328 e. The quantitative estimate of drug-likeness (QED) is 0.214. The average Bonchev–Trinajstić information content (AvgIpc) is 3.30. The van der Waals surface area contributed by atoms with E-state index in [-0.39, 0.29) is 33.8 Å². The second kappa shape index (κ2) is 13.4. The zero-order chi connectivity index (χ0) is 29.7. The number of halogens is 4. The van der Waals surface area contributed by atoms with Crippen LogP contribution in [0.3, 0.4) is 0 Å². The summed E-state index contributed by atoms with van der Waals surface area (Å²) in [5.41, 5.74) is 2.65. The second-order valence-electron chi connectivity index (χ2n) is 9.28. The Morgan fingerprint density at radius 2 is 1.59 bits per heavy atom. The molecule has 1 aliphatic rings. The molecule has 0 radical (unpaired) electrons. The molecule has 13 heteroatoms. The molecule has 5 N–H and O–H groups in total. The molecule has 0 aromatic heterocycles. The van der Waals surface area contributed by atoms with Crippen molar-refractivity contribution in [2.45, 2.75) is 31.5 Å². The molecule has 2 atom stereocenters. The van der Waals surface area contributed by atoms with Crippen molar-refractivity contribution in [3.8, 4) is 0 Å². The van der Waals surface area contributed by atoms with Crippen LogP contribution in [0, 0.1) is 0 Å². The van der Waals surface area contributed by atoms with E-state index in [1.807, 2.05) is 12.1 Å². The highest BCUT2D eigenvalue weighted by molar-refractivity contribution is 6.40. The van der Waals surface area contributed by atoms with Crippen molar-refractivity contribution in [1.82, 2.24) is 21.3 Å². The van der Waals surface area contributed by atoms with Gasteiger partial charge in [0, 0.05) is 22.2 Å². The van der Waals surface area contributed by atoms with E-state index in [4.69, 9.17) is 46.4 Å². The van der Waals surface area contributed by atoms with Crippen molar-refractivity contribution < 1.29 is 24.3 Å².